The maximum Gasteiger partial charge on any atom is 0.135 e. The van der Waals surface area contributed by atoms with Crippen LogP contribution < -0.4 is 0 Å². The average Bonchev–Trinajstić information content (AvgIpc) is 2.09. The van der Waals surface area contributed by atoms with E-state index >= 15 is 0 Å². The van der Waals surface area contributed by atoms with Crippen molar-refractivity contribution in [3.63, 3.8) is 0 Å². The highest BCUT2D eigenvalue weighted by Crippen LogP contribution is 2.28. The third kappa shape index (κ3) is 1.55. The topological polar surface area (TPSA) is 32.7 Å². The molecule has 0 radical (unpaired) electrons. The second kappa shape index (κ2) is 2.73. The molecule has 0 amide bonds. The fourth-order valence-corrected chi connectivity index (χ4v) is 1.25. The van der Waals surface area contributed by atoms with Gasteiger partial charge in [-0.15, -0.1) is 0 Å². The van der Waals surface area contributed by atoms with E-state index in [0.717, 1.165) is 0 Å². The molecule has 3 heteroatoms. The van der Waals surface area contributed by atoms with E-state index in [9.17, 15) is 5.21 Å². The Hall–Kier alpha value is -0.120. The van der Waals surface area contributed by atoms with E-state index in [1.165, 1.54) is 5.06 Å². The van der Waals surface area contributed by atoms with Crippen LogP contribution in [0.2, 0.25) is 0 Å². The van der Waals surface area contributed by atoms with Gasteiger partial charge in [-0.3, -0.25) is 0 Å². The molecule has 3 nitrogen and oxygen atoms in total. The van der Waals surface area contributed by atoms with Crippen molar-refractivity contribution in [2.24, 2.45) is 5.92 Å². The van der Waals surface area contributed by atoms with Gasteiger partial charge in [0.05, 0.1) is 12.1 Å². The summed E-state index contributed by atoms with van der Waals surface area (Å²) in [6.45, 7) is 8.61. The fourth-order valence-electron chi connectivity index (χ4n) is 1.25. The Balaban J connectivity index is 2.63. The molecule has 11 heavy (non-hydrogen) atoms. The molecule has 1 N–H and O–H groups in total. The summed E-state index contributed by atoms with van der Waals surface area (Å²) in [5.74, 6) is 0.335. The first-order valence-corrected chi connectivity index (χ1v) is 4.05. The van der Waals surface area contributed by atoms with Crippen LogP contribution >= 0.6 is 0 Å². The molecule has 1 heterocycles. The van der Waals surface area contributed by atoms with Crippen molar-refractivity contribution in [3.05, 3.63) is 0 Å². The molecule has 0 aromatic rings. The Morgan fingerprint density at radius 3 is 2.27 bits per heavy atom. The zero-order valence-corrected chi connectivity index (χ0v) is 7.66. The number of rotatable bonds is 1. The van der Waals surface area contributed by atoms with Crippen LogP contribution in [-0.4, -0.2) is 28.6 Å². The van der Waals surface area contributed by atoms with Crippen molar-refractivity contribution < 1.29 is 9.94 Å². The number of nitrogens with zero attached hydrogens (tertiary/aromatic N) is 1. The van der Waals surface area contributed by atoms with Crippen molar-refractivity contribution >= 4 is 0 Å². The molecule has 1 aliphatic heterocycles. The molecule has 1 rings (SSSR count). The SMILES string of the molecule is CC(C)C1OCC(C)(C)N1O. The van der Waals surface area contributed by atoms with Gasteiger partial charge in [0.15, 0.2) is 0 Å². The molecule has 1 aliphatic rings. The lowest BCUT2D eigenvalue weighted by Crippen LogP contribution is -2.43. The predicted octanol–water partition coefficient (Wildman–Crippen LogP) is 1.47. The number of hydroxylamine groups is 2. The van der Waals surface area contributed by atoms with Gasteiger partial charge in [-0.25, -0.2) is 0 Å². The Labute approximate surface area is 67.9 Å². The maximum atomic E-state index is 9.60. The normalized spacial score (nSPS) is 31.6. The molecule has 1 atom stereocenters. The molecule has 0 aromatic heterocycles. The van der Waals surface area contributed by atoms with Crippen LogP contribution in [0.4, 0.5) is 0 Å². The number of hydrogen-bond acceptors (Lipinski definition) is 3. The summed E-state index contributed by atoms with van der Waals surface area (Å²) < 4.78 is 5.42. The Bertz CT molecular complexity index is 145. The molecule has 66 valence electrons. The standard InChI is InChI=1S/C8H17NO2/c1-6(2)7-9(10)8(3,4)5-11-7/h6-7,10H,5H2,1-4H3. The highest BCUT2D eigenvalue weighted by molar-refractivity contribution is 4.84. The van der Waals surface area contributed by atoms with Crippen molar-refractivity contribution in [1.29, 1.82) is 0 Å². The minimum absolute atomic E-state index is 0.134. The molecule has 1 fully saturated rings. The van der Waals surface area contributed by atoms with Gasteiger partial charge in [-0.05, 0) is 19.8 Å². The highest BCUT2D eigenvalue weighted by Gasteiger charge is 2.41. The third-order valence-corrected chi connectivity index (χ3v) is 2.04. The summed E-state index contributed by atoms with van der Waals surface area (Å²) in [4.78, 5) is 0. The lowest BCUT2D eigenvalue weighted by Gasteiger charge is -2.28. The van der Waals surface area contributed by atoms with Crippen LogP contribution in [0, 0.1) is 5.92 Å². The molecule has 0 aromatic carbocycles. The van der Waals surface area contributed by atoms with Crippen LogP contribution in [0.15, 0.2) is 0 Å². The molecular formula is C8H17NO2. The lowest BCUT2D eigenvalue weighted by atomic mass is 10.1. The van der Waals surface area contributed by atoms with Crippen LogP contribution in [0.3, 0.4) is 0 Å². The largest absolute Gasteiger partial charge is 0.359 e. The van der Waals surface area contributed by atoms with Crippen LogP contribution in [0.1, 0.15) is 27.7 Å². The van der Waals surface area contributed by atoms with E-state index in [1.807, 2.05) is 27.7 Å². The highest BCUT2D eigenvalue weighted by atomic mass is 16.6. The summed E-state index contributed by atoms with van der Waals surface area (Å²) in [5.41, 5.74) is -0.227. The first-order chi connectivity index (χ1) is 4.95. The summed E-state index contributed by atoms with van der Waals surface area (Å²) in [6, 6.07) is 0. The van der Waals surface area contributed by atoms with E-state index in [1.54, 1.807) is 0 Å². The summed E-state index contributed by atoms with van der Waals surface area (Å²) in [5, 5.41) is 10.9. The Morgan fingerprint density at radius 2 is 2.09 bits per heavy atom. The number of hydrogen-bond donors (Lipinski definition) is 1. The van der Waals surface area contributed by atoms with Gasteiger partial charge < -0.3 is 9.94 Å². The van der Waals surface area contributed by atoms with E-state index in [2.05, 4.69) is 0 Å². The third-order valence-electron chi connectivity index (χ3n) is 2.04. The number of ether oxygens (including phenoxy) is 1. The molecular weight excluding hydrogens is 142 g/mol. The van der Waals surface area contributed by atoms with Gasteiger partial charge in [0.1, 0.15) is 6.23 Å². The first kappa shape index (κ1) is 8.97. The molecule has 0 aliphatic carbocycles. The van der Waals surface area contributed by atoms with Crippen LogP contribution in [0.5, 0.6) is 0 Å². The van der Waals surface area contributed by atoms with Gasteiger partial charge >= 0.3 is 0 Å². The molecule has 0 bridgehead atoms. The minimum Gasteiger partial charge on any atom is -0.359 e. The van der Waals surface area contributed by atoms with E-state index in [-0.39, 0.29) is 11.8 Å². The van der Waals surface area contributed by atoms with E-state index in [4.69, 9.17) is 4.74 Å². The van der Waals surface area contributed by atoms with Gasteiger partial charge in [-0.2, -0.15) is 5.06 Å². The summed E-state index contributed by atoms with van der Waals surface area (Å²) in [7, 11) is 0. The lowest BCUT2D eigenvalue weighted by molar-refractivity contribution is -0.203. The van der Waals surface area contributed by atoms with Crippen molar-refractivity contribution in [3.8, 4) is 0 Å². The first-order valence-electron chi connectivity index (χ1n) is 4.05. The average molecular weight is 159 g/mol. The van der Waals surface area contributed by atoms with E-state index < -0.39 is 0 Å². The van der Waals surface area contributed by atoms with Gasteiger partial charge in [-0.1, -0.05) is 13.8 Å². The summed E-state index contributed by atoms with van der Waals surface area (Å²) in [6.07, 6.45) is -0.134. The molecule has 0 spiro atoms. The van der Waals surface area contributed by atoms with Crippen LogP contribution in [0.25, 0.3) is 0 Å². The van der Waals surface area contributed by atoms with Gasteiger partial charge in [0, 0.05) is 0 Å². The van der Waals surface area contributed by atoms with E-state index in [0.29, 0.717) is 12.5 Å². The predicted molar refractivity (Wildman–Crippen MR) is 42.3 cm³/mol. The second-order valence-electron chi connectivity index (χ2n) is 4.10. The minimum atomic E-state index is -0.227. The second-order valence-corrected chi connectivity index (χ2v) is 4.10. The monoisotopic (exact) mass is 159 g/mol. The molecule has 1 saturated heterocycles. The quantitative estimate of drug-likeness (QED) is 0.629. The smallest absolute Gasteiger partial charge is 0.135 e. The zero-order valence-electron chi connectivity index (χ0n) is 7.66. The zero-order chi connectivity index (χ0) is 8.65. The summed E-state index contributed by atoms with van der Waals surface area (Å²) >= 11 is 0. The molecule has 1 unspecified atom stereocenters. The fraction of sp³-hybridized carbons (Fsp3) is 1.00. The van der Waals surface area contributed by atoms with Gasteiger partial charge in [0.25, 0.3) is 0 Å². The van der Waals surface area contributed by atoms with Crippen molar-refractivity contribution in [2.75, 3.05) is 6.61 Å². The molecule has 0 saturated carbocycles. The maximum absolute atomic E-state index is 9.60. The van der Waals surface area contributed by atoms with Gasteiger partial charge in [0.2, 0.25) is 0 Å². The van der Waals surface area contributed by atoms with Crippen molar-refractivity contribution in [1.82, 2.24) is 5.06 Å². The Morgan fingerprint density at radius 1 is 1.55 bits per heavy atom. The Kier molecular flexibility index (Phi) is 2.23. The van der Waals surface area contributed by atoms with Crippen LogP contribution in [-0.2, 0) is 4.74 Å². The van der Waals surface area contributed by atoms with Crippen molar-refractivity contribution in [2.45, 2.75) is 39.5 Å².